The molecule has 2 aliphatic rings. The summed E-state index contributed by atoms with van der Waals surface area (Å²) in [6, 6.07) is 0. The van der Waals surface area contributed by atoms with Crippen molar-refractivity contribution in [3.8, 4) is 0 Å². The normalized spacial score (nSPS) is 41.1. The second-order valence-electron chi connectivity index (χ2n) is 4.33. The lowest BCUT2D eigenvalue weighted by atomic mass is 9.78. The fourth-order valence-electron chi connectivity index (χ4n) is 2.63. The summed E-state index contributed by atoms with van der Waals surface area (Å²) < 4.78 is 5.11. The molecule has 3 atom stereocenters. The molecular formula is C11H16O2. The van der Waals surface area contributed by atoms with Crippen LogP contribution in [0.1, 0.15) is 26.7 Å². The first kappa shape index (κ1) is 8.79. The van der Waals surface area contributed by atoms with E-state index in [-0.39, 0.29) is 11.4 Å². The molecule has 2 bridgehead atoms. The Labute approximate surface area is 79.0 Å². The molecule has 0 aromatic heterocycles. The van der Waals surface area contributed by atoms with Crippen molar-refractivity contribution in [3.63, 3.8) is 0 Å². The van der Waals surface area contributed by atoms with E-state index < -0.39 is 0 Å². The van der Waals surface area contributed by atoms with Gasteiger partial charge in [-0.05, 0) is 38.5 Å². The van der Waals surface area contributed by atoms with E-state index in [2.05, 4.69) is 12.2 Å². The highest BCUT2D eigenvalue weighted by atomic mass is 16.5. The zero-order valence-electron chi connectivity index (χ0n) is 8.25. The molecule has 2 nitrogen and oxygen atoms in total. The Morgan fingerprint density at radius 1 is 1.62 bits per heavy atom. The van der Waals surface area contributed by atoms with E-state index in [4.69, 9.17) is 4.74 Å². The van der Waals surface area contributed by atoms with Crippen molar-refractivity contribution in [2.45, 2.75) is 26.7 Å². The molecule has 0 heterocycles. The van der Waals surface area contributed by atoms with Gasteiger partial charge in [0.1, 0.15) is 0 Å². The fraction of sp³-hybridized carbons (Fsp3) is 0.727. The number of rotatable bonds is 2. The quantitative estimate of drug-likeness (QED) is 0.481. The second-order valence-corrected chi connectivity index (χ2v) is 4.33. The van der Waals surface area contributed by atoms with Crippen LogP contribution in [0.25, 0.3) is 0 Å². The number of carbonyl (C=O) groups is 1. The monoisotopic (exact) mass is 180 g/mol. The van der Waals surface area contributed by atoms with E-state index in [1.54, 1.807) is 0 Å². The van der Waals surface area contributed by atoms with Crippen molar-refractivity contribution < 1.29 is 9.53 Å². The third kappa shape index (κ3) is 1.19. The second kappa shape index (κ2) is 2.86. The topological polar surface area (TPSA) is 26.3 Å². The third-order valence-corrected chi connectivity index (χ3v) is 3.42. The third-order valence-electron chi connectivity index (χ3n) is 3.42. The molecule has 3 unspecified atom stereocenters. The first-order valence-electron chi connectivity index (χ1n) is 5.02. The van der Waals surface area contributed by atoms with Crippen LogP contribution in [-0.4, -0.2) is 12.6 Å². The first-order chi connectivity index (χ1) is 6.16. The zero-order valence-corrected chi connectivity index (χ0v) is 8.25. The van der Waals surface area contributed by atoms with E-state index >= 15 is 0 Å². The van der Waals surface area contributed by atoms with Gasteiger partial charge in [-0.15, -0.1) is 0 Å². The van der Waals surface area contributed by atoms with Gasteiger partial charge in [0.25, 0.3) is 0 Å². The number of esters is 1. The lowest BCUT2D eigenvalue weighted by Crippen LogP contribution is -2.33. The Balaban J connectivity index is 2.13. The van der Waals surface area contributed by atoms with Crippen LogP contribution in [0.5, 0.6) is 0 Å². The Kier molecular flexibility index (Phi) is 1.94. The van der Waals surface area contributed by atoms with Crippen molar-refractivity contribution >= 4 is 5.97 Å². The summed E-state index contributed by atoms with van der Waals surface area (Å²) in [7, 11) is 0. The standard InChI is InChI=1S/C11H16O2/c1-3-13-10(12)11(2)7-8-4-5-9(11)6-8/h4-5,8-9H,3,6-7H2,1-2H3. The molecule has 1 fully saturated rings. The predicted molar refractivity (Wildman–Crippen MR) is 50.1 cm³/mol. The molecule has 0 amide bonds. The Morgan fingerprint density at radius 2 is 2.38 bits per heavy atom. The highest BCUT2D eigenvalue weighted by Crippen LogP contribution is 2.52. The van der Waals surface area contributed by atoms with Crippen molar-refractivity contribution in [2.24, 2.45) is 17.3 Å². The van der Waals surface area contributed by atoms with Crippen LogP contribution >= 0.6 is 0 Å². The van der Waals surface area contributed by atoms with Gasteiger partial charge in [-0.1, -0.05) is 12.2 Å². The molecule has 0 spiro atoms. The SMILES string of the molecule is CCOC(=O)C1(C)CC2C=CC1C2. The van der Waals surface area contributed by atoms with E-state index in [9.17, 15) is 4.79 Å². The molecule has 0 radical (unpaired) electrons. The van der Waals surface area contributed by atoms with Crippen LogP contribution in [-0.2, 0) is 9.53 Å². The Hall–Kier alpha value is -0.790. The highest BCUT2D eigenvalue weighted by molar-refractivity contribution is 5.78. The van der Waals surface area contributed by atoms with Gasteiger partial charge in [-0.2, -0.15) is 0 Å². The lowest BCUT2D eigenvalue weighted by molar-refractivity contribution is -0.155. The summed E-state index contributed by atoms with van der Waals surface area (Å²) in [5.74, 6) is 1.04. The van der Waals surface area contributed by atoms with Gasteiger partial charge in [0, 0.05) is 0 Å². The summed E-state index contributed by atoms with van der Waals surface area (Å²) in [5.41, 5.74) is -0.227. The Bertz CT molecular complexity index is 257. The number of allylic oxidation sites excluding steroid dienone is 2. The summed E-state index contributed by atoms with van der Waals surface area (Å²) in [4.78, 5) is 11.7. The molecule has 0 aromatic carbocycles. The van der Waals surface area contributed by atoms with E-state index in [1.165, 1.54) is 0 Å². The molecule has 2 aliphatic carbocycles. The molecule has 0 aliphatic heterocycles. The number of fused-ring (bicyclic) bond motifs is 2. The molecule has 0 N–H and O–H groups in total. The van der Waals surface area contributed by atoms with Crippen molar-refractivity contribution in [1.29, 1.82) is 0 Å². The van der Waals surface area contributed by atoms with E-state index in [1.807, 2.05) is 13.8 Å². The molecule has 0 aromatic rings. The zero-order chi connectivity index (χ0) is 9.47. The van der Waals surface area contributed by atoms with Gasteiger partial charge in [0.05, 0.1) is 12.0 Å². The van der Waals surface area contributed by atoms with Gasteiger partial charge in [0.15, 0.2) is 0 Å². The molecule has 2 rings (SSSR count). The fourth-order valence-corrected chi connectivity index (χ4v) is 2.63. The van der Waals surface area contributed by atoms with Crippen molar-refractivity contribution in [1.82, 2.24) is 0 Å². The predicted octanol–water partition coefficient (Wildman–Crippen LogP) is 2.15. The van der Waals surface area contributed by atoms with E-state index in [0.29, 0.717) is 18.4 Å². The average Bonchev–Trinajstić information content (AvgIpc) is 2.64. The number of ether oxygens (including phenoxy) is 1. The molecule has 1 saturated carbocycles. The van der Waals surface area contributed by atoms with Crippen LogP contribution in [0.2, 0.25) is 0 Å². The maximum atomic E-state index is 11.7. The molecule has 2 heteroatoms. The molecule has 13 heavy (non-hydrogen) atoms. The van der Waals surface area contributed by atoms with Crippen molar-refractivity contribution in [2.75, 3.05) is 6.61 Å². The smallest absolute Gasteiger partial charge is 0.312 e. The van der Waals surface area contributed by atoms with Gasteiger partial charge in [0.2, 0.25) is 0 Å². The maximum absolute atomic E-state index is 11.7. The number of hydrogen-bond donors (Lipinski definition) is 0. The van der Waals surface area contributed by atoms with Crippen LogP contribution in [0.3, 0.4) is 0 Å². The molecule has 72 valence electrons. The van der Waals surface area contributed by atoms with Crippen LogP contribution in [0, 0.1) is 17.3 Å². The number of hydrogen-bond acceptors (Lipinski definition) is 2. The number of carbonyl (C=O) groups excluding carboxylic acids is 1. The average molecular weight is 180 g/mol. The minimum atomic E-state index is -0.227. The van der Waals surface area contributed by atoms with Gasteiger partial charge in [-0.25, -0.2) is 0 Å². The first-order valence-corrected chi connectivity index (χ1v) is 5.02. The minimum absolute atomic E-state index is 0.00755. The summed E-state index contributed by atoms with van der Waals surface area (Å²) in [6.45, 7) is 4.40. The van der Waals surface area contributed by atoms with Crippen LogP contribution in [0.15, 0.2) is 12.2 Å². The molecule has 0 saturated heterocycles. The Morgan fingerprint density at radius 3 is 2.85 bits per heavy atom. The summed E-state index contributed by atoms with van der Waals surface area (Å²) in [5, 5.41) is 0. The molecular weight excluding hydrogens is 164 g/mol. The maximum Gasteiger partial charge on any atom is 0.312 e. The van der Waals surface area contributed by atoms with Gasteiger partial charge < -0.3 is 4.74 Å². The lowest BCUT2D eigenvalue weighted by Gasteiger charge is -2.28. The highest BCUT2D eigenvalue weighted by Gasteiger charge is 2.50. The van der Waals surface area contributed by atoms with Crippen molar-refractivity contribution in [3.05, 3.63) is 12.2 Å². The summed E-state index contributed by atoms with van der Waals surface area (Å²) >= 11 is 0. The van der Waals surface area contributed by atoms with E-state index in [0.717, 1.165) is 12.8 Å². The van der Waals surface area contributed by atoms with Gasteiger partial charge >= 0.3 is 5.97 Å². The largest absolute Gasteiger partial charge is 0.466 e. The minimum Gasteiger partial charge on any atom is -0.466 e. The van der Waals surface area contributed by atoms with Crippen LogP contribution in [0.4, 0.5) is 0 Å². The summed E-state index contributed by atoms with van der Waals surface area (Å²) in [6.07, 6.45) is 6.55. The van der Waals surface area contributed by atoms with Crippen LogP contribution < -0.4 is 0 Å². The van der Waals surface area contributed by atoms with Gasteiger partial charge in [-0.3, -0.25) is 4.79 Å².